The van der Waals surface area contributed by atoms with Crippen LogP contribution in [0, 0.1) is 0 Å². The predicted molar refractivity (Wildman–Crippen MR) is 128 cm³/mol. The topological polar surface area (TPSA) is 99.8 Å². The summed E-state index contributed by atoms with van der Waals surface area (Å²) < 4.78 is 0. The van der Waals surface area contributed by atoms with Crippen LogP contribution in [0.25, 0.3) is 22.2 Å². The van der Waals surface area contributed by atoms with Crippen molar-refractivity contribution >= 4 is 34.1 Å². The Bertz CT molecular complexity index is 1430. The number of amides is 2. The Balaban J connectivity index is 1.31. The second-order valence-corrected chi connectivity index (χ2v) is 7.43. The van der Waals surface area contributed by atoms with Crippen LogP contribution in [0.2, 0.25) is 0 Å². The number of nitrogens with one attached hydrogen (secondary N) is 3. The molecule has 33 heavy (non-hydrogen) atoms. The molecule has 7 nitrogen and oxygen atoms in total. The maximum atomic E-state index is 12.4. The molecule has 160 valence electrons. The molecular formula is C26H19N5O2. The molecule has 0 radical (unpaired) electrons. The largest absolute Gasteiger partial charge is 0.355 e. The summed E-state index contributed by atoms with van der Waals surface area (Å²) in [6.45, 7) is 0. The molecule has 0 aliphatic heterocycles. The SMILES string of the molecule is O=C(Nc1ccc(-c2cc3cc(NC(=O)c4ccccn4)ccc3[nH]2)cc1)c1cccnc1. The van der Waals surface area contributed by atoms with Gasteiger partial charge in [-0.25, -0.2) is 0 Å². The van der Waals surface area contributed by atoms with E-state index in [4.69, 9.17) is 0 Å². The van der Waals surface area contributed by atoms with Crippen LogP contribution in [0.1, 0.15) is 20.8 Å². The molecule has 3 heterocycles. The highest BCUT2D eigenvalue weighted by atomic mass is 16.2. The second kappa shape index (κ2) is 8.76. The van der Waals surface area contributed by atoms with Crippen LogP contribution in [-0.4, -0.2) is 26.8 Å². The van der Waals surface area contributed by atoms with Crippen molar-refractivity contribution in [1.82, 2.24) is 15.0 Å². The fraction of sp³-hybridized carbons (Fsp3) is 0. The van der Waals surface area contributed by atoms with Gasteiger partial charge < -0.3 is 15.6 Å². The van der Waals surface area contributed by atoms with Gasteiger partial charge in [-0.05, 0) is 66.2 Å². The number of benzene rings is 2. The number of anilines is 2. The number of H-pyrrole nitrogens is 1. The van der Waals surface area contributed by atoms with Crippen LogP contribution in [0.4, 0.5) is 11.4 Å². The molecule has 0 unspecified atom stereocenters. The van der Waals surface area contributed by atoms with Gasteiger partial charge in [0.05, 0.1) is 5.56 Å². The van der Waals surface area contributed by atoms with Crippen LogP contribution in [-0.2, 0) is 0 Å². The Labute approximate surface area is 189 Å². The molecule has 5 aromatic rings. The minimum Gasteiger partial charge on any atom is -0.355 e. The molecule has 5 rings (SSSR count). The average Bonchev–Trinajstić information content (AvgIpc) is 3.29. The molecule has 0 fully saturated rings. The van der Waals surface area contributed by atoms with E-state index < -0.39 is 0 Å². The fourth-order valence-electron chi connectivity index (χ4n) is 3.49. The summed E-state index contributed by atoms with van der Waals surface area (Å²) in [4.78, 5) is 36.1. The van der Waals surface area contributed by atoms with Crippen molar-refractivity contribution in [3.05, 3.63) is 109 Å². The molecule has 7 heteroatoms. The molecule has 2 amide bonds. The summed E-state index contributed by atoms with van der Waals surface area (Å²) in [6, 6.07) is 24.0. The van der Waals surface area contributed by atoms with Crippen LogP contribution < -0.4 is 10.6 Å². The molecule has 0 aliphatic rings. The van der Waals surface area contributed by atoms with Gasteiger partial charge in [0.1, 0.15) is 5.69 Å². The summed E-state index contributed by atoms with van der Waals surface area (Å²) in [7, 11) is 0. The zero-order valence-corrected chi connectivity index (χ0v) is 17.4. The number of hydrogen-bond acceptors (Lipinski definition) is 4. The lowest BCUT2D eigenvalue weighted by atomic mass is 10.1. The van der Waals surface area contributed by atoms with E-state index in [-0.39, 0.29) is 11.8 Å². The number of pyridine rings is 2. The zero-order chi connectivity index (χ0) is 22.6. The number of carbonyl (C=O) groups excluding carboxylic acids is 2. The summed E-state index contributed by atoms with van der Waals surface area (Å²) >= 11 is 0. The lowest BCUT2D eigenvalue weighted by Crippen LogP contribution is -2.13. The molecule has 0 saturated carbocycles. The van der Waals surface area contributed by atoms with E-state index in [1.807, 2.05) is 48.5 Å². The van der Waals surface area contributed by atoms with E-state index in [2.05, 4.69) is 25.6 Å². The first kappa shape index (κ1) is 20.1. The van der Waals surface area contributed by atoms with E-state index in [1.54, 1.807) is 42.7 Å². The minimum absolute atomic E-state index is 0.207. The molecule has 3 aromatic heterocycles. The summed E-state index contributed by atoms with van der Waals surface area (Å²) in [5.74, 6) is -0.462. The van der Waals surface area contributed by atoms with E-state index in [1.165, 1.54) is 6.20 Å². The van der Waals surface area contributed by atoms with Crippen LogP contribution in [0.5, 0.6) is 0 Å². The van der Waals surface area contributed by atoms with Crippen LogP contribution in [0.15, 0.2) is 97.5 Å². The highest BCUT2D eigenvalue weighted by molar-refractivity contribution is 6.05. The van der Waals surface area contributed by atoms with E-state index in [0.29, 0.717) is 22.6 Å². The van der Waals surface area contributed by atoms with E-state index in [0.717, 1.165) is 22.2 Å². The van der Waals surface area contributed by atoms with E-state index >= 15 is 0 Å². The first-order valence-corrected chi connectivity index (χ1v) is 10.3. The lowest BCUT2D eigenvalue weighted by molar-refractivity contribution is 0.101. The number of fused-ring (bicyclic) bond motifs is 1. The molecule has 2 aromatic carbocycles. The van der Waals surface area contributed by atoms with Gasteiger partial charge in [0.25, 0.3) is 11.8 Å². The van der Waals surface area contributed by atoms with Gasteiger partial charge in [-0.2, -0.15) is 0 Å². The van der Waals surface area contributed by atoms with Crippen molar-refractivity contribution in [3.8, 4) is 11.3 Å². The van der Waals surface area contributed by atoms with Gasteiger partial charge in [-0.3, -0.25) is 19.6 Å². The smallest absolute Gasteiger partial charge is 0.274 e. The third kappa shape index (κ3) is 4.47. The summed E-state index contributed by atoms with van der Waals surface area (Å²) in [5.41, 5.74) is 5.12. The molecule has 0 atom stereocenters. The van der Waals surface area contributed by atoms with Gasteiger partial charge in [-0.1, -0.05) is 18.2 Å². The van der Waals surface area contributed by atoms with Crippen LogP contribution >= 0.6 is 0 Å². The molecule has 0 aliphatic carbocycles. The standard InChI is InChI=1S/C26H19N5O2/c32-25(18-4-3-12-27-16-18)29-20-8-6-17(7-9-20)24-15-19-14-21(10-11-22(19)31-24)30-26(33)23-5-1-2-13-28-23/h1-16,31H,(H,29,32)(H,30,33). The molecule has 0 saturated heterocycles. The first-order valence-electron chi connectivity index (χ1n) is 10.3. The normalized spacial score (nSPS) is 10.7. The number of hydrogen-bond donors (Lipinski definition) is 3. The minimum atomic E-state index is -0.255. The van der Waals surface area contributed by atoms with Crippen LogP contribution in [0.3, 0.4) is 0 Å². The van der Waals surface area contributed by atoms with Crippen molar-refractivity contribution in [2.24, 2.45) is 0 Å². The number of aromatic amines is 1. The Morgan fingerprint density at radius 2 is 1.58 bits per heavy atom. The van der Waals surface area contributed by atoms with Gasteiger partial charge >= 0.3 is 0 Å². The highest BCUT2D eigenvalue weighted by Crippen LogP contribution is 2.27. The number of rotatable bonds is 5. The van der Waals surface area contributed by atoms with Crippen molar-refractivity contribution in [2.75, 3.05) is 10.6 Å². The van der Waals surface area contributed by atoms with E-state index in [9.17, 15) is 9.59 Å². The number of nitrogens with zero attached hydrogens (tertiary/aromatic N) is 2. The number of aromatic nitrogens is 3. The van der Waals surface area contributed by atoms with Crippen molar-refractivity contribution < 1.29 is 9.59 Å². The maximum absolute atomic E-state index is 12.4. The lowest BCUT2D eigenvalue weighted by Gasteiger charge is -2.06. The third-order valence-corrected chi connectivity index (χ3v) is 5.15. The Morgan fingerprint density at radius 3 is 2.33 bits per heavy atom. The quantitative estimate of drug-likeness (QED) is 0.358. The van der Waals surface area contributed by atoms with Crippen molar-refractivity contribution in [2.45, 2.75) is 0 Å². The molecule has 3 N–H and O–H groups in total. The van der Waals surface area contributed by atoms with Crippen molar-refractivity contribution in [1.29, 1.82) is 0 Å². The average molecular weight is 433 g/mol. The maximum Gasteiger partial charge on any atom is 0.274 e. The van der Waals surface area contributed by atoms with Gasteiger partial charge in [-0.15, -0.1) is 0 Å². The number of carbonyl (C=O) groups is 2. The Hall–Kier alpha value is -4.78. The summed E-state index contributed by atoms with van der Waals surface area (Å²) in [6.07, 6.45) is 4.75. The van der Waals surface area contributed by atoms with Crippen molar-refractivity contribution in [3.63, 3.8) is 0 Å². The fourth-order valence-corrected chi connectivity index (χ4v) is 3.49. The van der Waals surface area contributed by atoms with Gasteiger partial charge in [0, 0.05) is 46.6 Å². The highest BCUT2D eigenvalue weighted by Gasteiger charge is 2.10. The Kier molecular flexibility index (Phi) is 5.35. The predicted octanol–water partition coefficient (Wildman–Crippen LogP) is 5.13. The zero-order valence-electron chi connectivity index (χ0n) is 17.4. The Morgan fingerprint density at radius 1 is 0.758 bits per heavy atom. The summed E-state index contributed by atoms with van der Waals surface area (Å²) in [5, 5.41) is 6.72. The monoisotopic (exact) mass is 433 g/mol. The van der Waals surface area contributed by atoms with Gasteiger partial charge in [0.2, 0.25) is 0 Å². The second-order valence-electron chi connectivity index (χ2n) is 7.43. The molecular weight excluding hydrogens is 414 g/mol. The molecule has 0 bridgehead atoms. The van der Waals surface area contributed by atoms with Gasteiger partial charge in [0.15, 0.2) is 0 Å². The first-order chi connectivity index (χ1) is 16.2. The third-order valence-electron chi connectivity index (χ3n) is 5.15. The molecule has 0 spiro atoms.